The number of aryl methyl sites for hydroxylation is 1. The normalized spacial score (nSPS) is 10.5. The van der Waals surface area contributed by atoms with E-state index < -0.39 is 0 Å². The lowest BCUT2D eigenvalue weighted by atomic mass is 9.97. The molecule has 0 amide bonds. The predicted octanol–water partition coefficient (Wildman–Crippen LogP) is 3.79. The Morgan fingerprint density at radius 2 is 1.81 bits per heavy atom. The molecular formula is C18H23NO2. The molecule has 2 aromatic carbocycles. The minimum Gasteiger partial charge on any atom is -0.497 e. The molecule has 0 radical (unpaired) electrons. The summed E-state index contributed by atoms with van der Waals surface area (Å²) in [6.45, 7) is 5.94. The van der Waals surface area contributed by atoms with E-state index in [-0.39, 0.29) is 0 Å². The lowest BCUT2D eigenvalue weighted by Gasteiger charge is -2.14. The smallest absolute Gasteiger partial charge is 0.121 e. The van der Waals surface area contributed by atoms with Crippen molar-refractivity contribution in [3.63, 3.8) is 0 Å². The van der Waals surface area contributed by atoms with Crippen LogP contribution in [0, 0.1) is 6.92 Å². The quantitative estimate of drug-likeness (QED) is 0.876. The summed E-state index contributed by atoms with van der Waals surface area (Å²) >= 11 is 0. The molecular weight excluding hydrogens is 262 g/mol. The molecule has 0 saturated heterocycles. The monoisotopic (exact) mass is 285 g/mol. The van der Waals surface area contributed by atoms with Gasteiger partial charge in [-0.3, -0.25) is 0 Å². The van der Waals surface area contributed by atoms with Gasteiger partial charge in [0.15, 0.2) is 0 Å². The van der Waals surface area contributed by atoms with E-state index >= 15 is 0 Å². The van der Waals surface area contributed by atoms with E-state index in [9.17, 15) is 0 Å². The molecule has 0 aliphatic carbocycles. The van der Waals surface area contributed by atoms with E-state index in [1.807, 2.05) is 12.1 Å². The number of rotatable bonds is 6. The Hall–Kier alpha value is -2.00. The molecule has 0 spiro atoms. The third-order valence-electron chi connectivity index (χ3n) is 3.58. The van der Waals surface area contributed by atoms with Gasteiger partial charge in [0.05, 0.1) is 14.2 Å². The number of hydrogen-bond acceptors (Lipinski definition) is 3. The molecule has 0 bridgehead atoms. The van der Waals surface area contributed by atoms with Crippen LogP contribution in [-0.2, 0) is 6.54 Å². The molecule has 3 heteroatoms. The zero-order valence-corrected chi connectivity index (χ0v) is 13.2. The molecule has 0 aromatic heterocycles. The van der Waals surface area contributed by atoms with Crippen molar-refractivity contribution >= 4 is 0 Å². The van der Waals surface area contributed by atoms with Crippen molar-refractivity contribution < 1.29 is 9.47 Å². The number of benzene rings is 2. The Balaban J connectivity index is 2.43. The minimum absolute atomic E-state index is 0.827. The molecule has 21 heavy (non-hydrogen) atoms. The molecule has 0 fully saturated rings. The second-order valence-electron chi connectivity index (χ2n) is 4.99. The molecule has 3 nitrogen and oxygen atoms in total. The summed E-state index contributed by atoms with van der Waals surface area (Å²) in [6, 6.07) is 12.5. The first-order chi connectivity index (χ1) is 10.2. The van der Waals surface area contributed by atoms with Gasteiger partial charge in [-0.2, -0.15) is 0 Å². The summed E-state index contributed by atoms with van der Waals surface area (Å²) in [7, 11) is 3.40. The standard InChI is InChI=1S/C18H23NO2/c1-5-19-12-15-11-16(20-3)7-8-17(15)14-6-9-18(21-4)13(2)10-14/h6-11,19H,5,12H2,1-4H3. The van der Waals surface area contributed by atoms with Crippen LogP contribution in [0.15, 0.2) is 36.4 Å². The van der Waals surface area contributed by atoms with Crippen molar-refractivity contribution in [1.82, 2.24) is 5.32 Å². The highest BCUT2D eigenvalue weighted by molar-refractivity contribution is 5.70. The first-order valence-electron chi connectivity index (χ1n) is 7.22. The first kappa shape index (κ1) is 15.4. The third kappa shape index (κ3) is 3.56. The molecule has 112 valence electrons. The number of hydrogen-bond donors (Lipinski definition) is 1. The predicted molar refractivity (Wildman–Crippen MR) is 87.1 cm³/mol. The average Bonchev–Trinajstić information content (AvgIpc) is 2.52. The summed E-state index contributed by atoms with van der Waals surface area (Å²) in [5.41, 5.74) is 4.80. The van der Waals surface area contributed by atoms with Gasteiger partial charge in [-0.05, 0) is 60.0 Å². The Labute approximate surface area is 126 Å². The molecule has 2 rings (SSSR count). The van der Waals surface area contributed by atoms with Crippen molar-refractivity contribution in [3.8, 4) is 22.6 Å². The topological polar surface area (TPSA) is 30.5 Å². The minimum atomic E-state index is 0.827. The first-order valence-corrected chi connectivity index (χ1v) is 7.22. The van der Waals surface area contributed by atoms with Gasteiger partial charge in [0.1, 0.15) is 11.5 Å². The highest BCUT2D eigenvalue weighted by Crippen LogP contribution is 2.30. The van der Waals surface area contributed by atoms with Crippen molar-refractivity contribution in [1.29, 1.82) is 0 Å². The average molecular weight is 285 g/mol. The molecule has 0 heterocycles. The van der Waals surface area contributed by atoms with Crippen LogP contribution < -0.4 is 14.8 Å². The second kappa shape index (κ2) is 7.14. The van der Waals surface area contributed by atoms with Crippen molar-refractivity contribution in [3.05, 3.63) is 47.5 Å². The van der Waals surface area contributed by atoms with Gasteiger partial charge >= 0.3 is 0 Å². The zero-order valence-electron chi connectivity index (χ0n) is 13.2. The van der Waals surface area contributed by atoms with Crippen LogP contribution in [0.2, 0.25) is 0 Å². The Morgan fingerprint density at radius 1 is 1.00 bits per heavy atom. The van der Waals surface area contributed by atoms with Gasteiger partial charge in [-0.15, -0.1) is 0 Å². The van der Waals surface area contributed by atoms with E-state index in [0.29, 0.717) is 0 Å². The molecule has 0 saturated carbocycles. The molecule has 0 unspecified atom stereocenters. The fourth-order valence-electron chi connectivity index (χ4n) is 2.43. The third-order valence-corrected chi connectivity index (χ3v) is 3.58. The largest absolute Gasteiger partial charge is 0.497 e. The molecule has 2 aromatic rings. The fourth-order valence-corrected chi connectivity index (χ4v) is 2.43. The second-order valence-corrected chi connectivity index (χ2v) is 4.99. The van der Waals surface area contributed by atoms with Crippen molar-refractivity contribution in [2.45, 2.75) is 20.4 Å². The molecule has 0 aliphatic heterocycles. The van der Waals surface area contributed by atoms with Gasteiger partial charge < -0.3 is 14.8 Å². The van der Waals surface area contributed by atoms with Crippen LogP contribution in [0.1, 0.15) is 18.1 Å². The Bertz CT molecular complexity index is 608. The van der Waals surface area contributed by atoms with E-state index in [0.717, 1.165) is 30.2 Å². The number of methoxy groups -OCH3 is 2. The maximum absolute atomic E-state index is 5.34. The summed E-state index contributed by atoms with van der Waals surface area (Å²) in [5.74, 6) is 1.80. The van der Waals surface area contributed by atoms with Crippen LogP contribution in [0.5, 0.6) is 11.5 Å². The van der Waals surface area contributed by atoms with Crippen LogP contribution >= 0.6 is 0 Å². The number of nitrogens with one attached hydrogen (secondary N) is 1. The number of ether oxygens (including phenoxy) is 2. The van der Waals surface area contributed by atoms with Crippen LogP contribution in [0.4, 0.5) is 0 Å². The summed E-state index contributed by atoms with van der Waals surface area (Å²) in [4.78, 5) is 0. The zero-order chi connectivity index (χ0) is 15.2. The van der Waals surface area contributed by atoms with Gasteiger partial charge in [0, 0.05) is 6.54 Å². The van der Waals surface area contributed by atoms with E-state index in [4.69, 9.17) is 9.47 Å². The molecule has 1 N–H and O–H groups in total. The maximum atomic E-state index is 5.34. The Kier molecular flexibility index (Phi) is 5.23. The van der Waals surface area contributed by atoms with Crippen molar-refractivity contribution in [2.75, 3.05) is 20.8 Å². The lowest BCUT2D eigenvalue weighted by molar-refractivity contribution is 0.411. The molecule has 0 aliphatic rings. The van der Waals surface area contributed by atoms with E-state index in [2.05, 4.69) is 43.4 Å². The van der Waals surface area contributed by atoms with Gasteiger partial charge in [-0.1, -0.05) is 19.1 Å². The van der Waals surface area contributed by atoms with Crippen molar-refractivity contribution in [2.24, 2.45) is 0 Å². The van der Waals surface area contributed by atoms with E-state index in [1.54, 1.807) is 14.2 Å². The highest BCUT2D eigenvalue weighted by atomic mass is 16.5. The summed E-state index contributed by atoms with van der Waals surface area (Å²) in [5, 5.41) is 3.38. The summed E-state index contributed by atoms with van der Waals surface area (Å²) in [6.07, 6.45) is 0. The Morgan fingerprint density at radius 3 is 2.43 bits per heavy atom. The van der Waals surface area contributed by atoms with Crippen LogP contribution in [0.25, 0.3) is 11.1 Å². The molecule has 0 atom stereocenters. The highest BCUT2D eigenvalue weighted by Gasteiger charge is 2.08. The van der Waals surface area contributed by atoms with Crippen LogP contribution in [0.3, 0.4) is 0 Å². The SMILES string of the molecule is CCNCc1cc(OC)ccc1-c1ccc(OC)c(C)c1. The fraction of sp³-hybridized carbons (Fsp3) is 0.333. The van der Waals surface area contributed by atoms with Gasteiger partial charge in [-0.25, -0.2) is 0 Å². The van der Waals surface area contributed by atoms with Gasteiger partial charge in [0.25, 0.3) is 0 Å². The maximum Gasteiger partial charge on any atom is 0.121 e. The van der Waals surface area contributed by atoms with Crippen LogP contribution in [-0.4, -0.2) is 20.8 Å². The van der Waals surface area contributed by atoms with E-state index in [1.165, 1.54) is 16.7 Å². The lowest BCUT2D eigenvalue weighted by Crippen LogP contribution is -2.12. The van der Waals surface area contributed by atoms with Gasteiger partial charge in [0.2, 0.25) is 0 Å². The summed E-state index contributed by atoms with van der Waals surface area (Å²) < 4.78 is 10.7.